The smallest absolute Gasteiger partial charge is 0.251 e. The molecule has 2 aliphatic heterocycles. The van der Waals surface area contributed by atoms with Gasteiger partial charge in [0, 0.05) is 43.5 Å². The second kappa shape index (κ2) is 8.27. The van der Waals surface area contributed by atoms with E-state index in [0.717, 1.165) is 42.8 Å². The molecule has 0 bridgehead atoms. The Bertz CT molecular complexity index is 598. The van der Waals surface area contributed by atoms with Crippen LogP contribution in [0.2, 0.25) is 0 Å². The van der Waals surface area contributed by atoms with E-state index in [9.17, 15) is 9.59 Å². The van der Waals surface area contributed by atoms with Crippen molar-refractivity contribution in [3.63, 3.8) is 0 Å². The number of thiazole rings is 1. The monoisotopic (exact) mass is 365 g/mol. The molecule has 1 aromatic heterocycles. The molecule has 0 saturated carbocycles. The summed E-state index contributed by atoms with van der Waals surface area (Å²) in [4.78, 5) is 32.3. The number of aromatic nitrogens is 1. The maximum Gasteiger partial charge on any atom is 0.251 e. The molecule has 1 atom stereocenters. The van der Waals surface area contributed by atoms with E-state index in [1.54, 1.807) is 11.3 Å². The molecular weight excluding hydrogens is 338 g/mol. The lowest BCUT2D eigenvalue weighted by molar-refractivity contribution is -0.143. The first-order chi connectivity index (χ1) is 12.0. The molecule has 7 heteroatoms. The summed E-state index contributed by atoms with van der Waals surface area (Å²) >= 11 is 1.70. The zero-order chi connectivity index (χ0) is 17.8. The van der Waals surface area contributed by atoms with Crippen molar-refractivity contribution in [2.24, 2.45) is 5.92 Å². The summed E-state index contributed by atoms with van der Waals surface area (Å²) < 4.78 is 5.47. The Morgan fingerprint density at radius 2 is 2.04 bits per heavy atom. The van der Waals surface area contributed by atoms with Gasteiger partial charge in [-0.2, -0.15) is 0 Å². The Balaban J connectivity index is 1.38. The van der Waals surface area contributed by atoms with Crippen molar-refractivity contribution in [1.29, 1.82) is 0 Å². The van der Waals surface area contributed by atoms with Gasteiger partial charge in [-0.25, -0.2) is 4.98 Å². The first-order valence-electron chi connectivity index (χ1n) is 9.15. The topological polar surface area (TPSA) is 71.5 Å². The standard InChI is InChI=1S/C18H27N3O3S/c1-12-13(2)25-16(20-12)5-8-19-17(22)14-6-9-21(10-7-14)18(23)15-4-3-11-24-15/h14-15H,3-11H2,1-2H3,(H,19,22). The number of hydrogen-bond acceptors (Lipinski definition) is 5. The Morgan fingerprint density at radius 1 is 1.28 bits per heavy atom. The number of piperidine rings is 1. The summed E-state index contributed by atoms with van der Waals surface area (Å²) in [7, 11) is 0. The lowest BCUT2D eigenvalue weighted by Gasteiger charge is -2.32. The molecule has 0 aliphatic carbocycles. The molecule has 6 nitrogen and oxygen atoms in total. The summed E-state index contributed by atoms with van der Waals surface area (Å²) in [5, 5.41) is 4.10. The summed E-state index contributed by atoms with van der Waals surface area (Å²) in [5.41, 5.74) is 1.08. The van der Waals surface area contributed by atoms with Crippen LogP contribution >= 0.6 is 11.3 Å². The number of nitrogens with zero attached hydrogens (tertiary/aromatic N) is 2. The predicted molar refractivity (Wildman–Crippen MR) is 96.6 cm³/mol. The Morgan fingerprint density at radius 3 is 2.64 bits per heavy atom. The van der Waals surface area contributed by atoms with Crippen molar-refractivity contribution >= 4 is 23.2 Å². The highest BCUT2D eigenvalue weighted by Crippen LogP contribution is 2.21. The Labute approximate surface area is 153 Å². The molecule has 2 amide bonds. The molecular formula is C18H27N3O3S. The third-order valence-electron chi connectivity index (χ3n) is 5.09. The summed E-state index contributed by atoms with van der Waals surface area (Å²) in [6.07, 6.45) is 3.79. The molecule has 3 rings (SSSR count). The first kappa shape index (κ1) is 18.3. The quantitative estimate of drug-likeness (QED) is 0.864. The summed E-state index contributed by atoms with van der Waals surface area (Å²) in [6, 6.07) is 0. The van der Waals surface area contributed by atoms with Crippen LogP contribution in [0.3, 0.4) is 0 Å². The molecule has 1 N–H and O–H groups in total. The van der Waals surface area contributed by atoms with Gasteiger partial charge in [0.1, 0.15) is 6.10 Å². The van der Waals surface area contributed by atoms with Crippen molar-refractivity contribution in [3.8, 4) is 0 Å². The fourth-order valence-corrected chi connectivity index (χ4v) is 4.35. The van der Waals surface area contributed by atoms with E-state index in [4.69, 9.17) is 4.74 Å². The van der Waals surface area contributed by atoms with Crippen LogP contribution in [0.4, 0.5) is 0 Å². The van der Waals surface area contributed by atoms with E-state index < -0.39 is 0 Å². The first-order valence-corrected chi connectivity index (χ1v) is 9.97. The average molecular weight is 365 g/mol. The number of carbonyl (C=O) groups is 2. The van der Waals surface area contributed by atoms with E-state index in [1.165, 1.54) is 4.88 Å². The van der Waals surface area contributed by atoms with Crippen LogP contribution in [0.15, 0.2) is 0 Å². The van der Waals surface area contributed by atoms with Crippen molar-refractivity contribution < 1.29 is 14.3 Å². The molecule has 3 heterocycles. The molecule has 138 valence electrons. The van der Waals surface area contributed by atoms with Crippen molar-refractivity contribution in [3.05, 3.63) is 15.6 Å². The number of likely N-dealkylation sites (tertiary alicyclic amines) is 1. The minimum atomic E-state index is -0.254. The molecule has 0 radical (unpaired) electrons. The predicted octanol–water partition coefficient (Wildman–Crippen LogP) is 1.84. The van der Waals surface area contributed by atoms with Gasteiger partial charge < -0.3 is 15.0 Å². The third-order valence-corrected chi connectivity index (χ3v) is 6.23. The van der Waals surface area contributed by atoms with E-state index >= 15 is 0 Å². The minimum absolute atomic E-state index is 0.00770. The van der Waals surface area contributed by atoms with E-state index in [2.05, 4.69) is 17.2 Å². The highest BCUT2D eigenvalue weighted by molar-refractivity contribution is 7.11. The van der Waals surface area contributed by atoms with Crippen molar-refractivity contribution in [2.75, 3.05) is 26.2 Å². The lowest BCUT2D eigenvalue weighted by Crippen LogP contribution is -2.46. The lowest BCUT2D eigenvalue weighted by atomic mass is 9.95. The van der Waals surface area contributed by atoms with Gasteiger partial charge in [0.05, 0.1) is 10.7 Å². The number of aryl methyl sites for hydroxylation is 2. The van der Waals surface area contributed by atoms with Gasteiger partial charge >= 0.3 is 0 Å². The van der Waals surface area contributed by atoms with E-state index in [0.29, 0.717) is 26.2 Å². The molecule has 2 aliphatic rings. The van der Waals surface area contributed by atoms with Gasteiger partial charge in [0.15, 0.2) is 0 Å². The fourth-order valence-electron chi connectivity index (χ4n) is 3.42. The highest BCUT2D eigenvalue weighted by Gasteiger charge is 2.32. The number of carbonyl (C=O) groups excluding carboxylic acids is 2. The average Bonchev–Trinajstić information content (AvgIpc) is 3.25. The molecule has 1 aromatic rings. The molecule has 0 aromatic carbocycles. The van der Waals surface area contributed by atoms with Gasteiger partial charge in [0.25, 0.3) is 5.91 Å². The van der Waals surface area contributed by atoms with Crippen molar-refractivity contribution in [2.45, 2.75) is 52.1 Å². The van der Waals surface area contributed by atoms with Crippen LogP contribution in [0.1, 0.15) is 41.3 Å². The highest BCUT2D eigenvalue weighted by atomic mass is 32.1. The normalized spacial score (nSPS) is 21.5. The van der Waals surface area contributed by atoms with Crippen LogP contribution in [-0.4, -0.2) is 54.0 Å². The molecule has 0 spiro atoms. The Hall–Kier alpha value is -1.47. The van der Waals surface area contributed by atoms with Gasteiger partial charge in [-0.3, -0.25) is 9.59 Å². The number of hydrogen-bond donors (Lipinski definition) is 1. The third kappa shape index (κ3) is 4.58. The van der Waals surface area contributed by atoms with Crippen molar-refractivity contribution in [1.82, 2.24) is 15.2 Å². The fraction of sp³-hybridized carbons (Fsp3) is 0.722. The summed E-state index contributed by atoms with van der Waals surface area (Å²) in [6.45, 7) is 6.71. The molecule has 1 unspecified atom stereocenters. The van der Waals surface area contributed by atoms with E-state index in [-0.39, 0.29) is 23.8 Å². The maximum absolute atomic E-state index is 12.3. The van der Waals surface area contributed by atoms with Gasteiger partial charge in [0.2, 0.25) is 5.91 Å². The minimum Gasteiger partial charge on any atom is -0.368 e. The van der Waals surface area contributed by atoms with E-state index in [1.807, 2.05) is 11.8 Å². The van der Waals surface area contributed by atoms with Crippen LogP contribution in [0, 0.1) is 19.8 Å². The Kier molecular flexibility index (Phi) is 6.06. The van der Waals surface area contributed by atoms with Crippen LogP contribution in [0.25, 0.3) is 0 Å². The number of rotatable bonds is 5. The largest absolute Gasteiger partial charge is 0.368 e. The number of ether oxygens (including phenoxy) is 1. The second-order valence-corrected chi connectivity index (χ2v) is 8.18. The van der Waals surface area contributed by atoms with Crippen LogP contribution in [-0.2, 0) is 20.7 Å². The molecule has 2 saturated heterocycles. The maximum atomic E-state index is 12.3. The van der Waals surface area contributed by atoms with Gasteiger partial charge in [-0.05, 0) is 39.5 Å². The summed E-state index contributed by atoms with van der Waals surface area (Å²) in [5.74, 6) is 0.216. The second-order valence-electron chi connectivity index (χ2n) is 6.89. The zero-order valence-corrected chi connectivity index (χ0v) is 15.9. The molecule has 2 fully saturated rings. The zero-order valence-electron chi connectivity index (χ0n) is 15.0. The van der Waals surface area contributed by atoms with Gasteiger partial charge in [-0.1, -0.05) is 0 Å². The van der Waals surface area contributed by atoms with Crippen LogP contribution < -0.4 is 5.32 Å². The number of nitrogens with one attached hydrogen (secondary N) is 1. The van der Waals surface area contributed by atoms with Gasteiger partial charge in [-0.15, -0.1) is 11.3 Å². The number of amides is 2. The van der Waals surface area contributed by atoms with Crippen LogP contribution in [0.5, 0.6) is 0 Å². The SMILES string of the molecule is Cc1nc(CCNC(=O)C2CCN(C(=O)C3CCCO3)CC2)sc1C. The molecule has 25 heavy (non-hydrogen) atoms.